The lowest BCUT2D eigenvalue weighted by Crippen LogP contribution is -2.54. The molecule has 6 atom stereocenters. The summed E-state index contributed by atoms with van der Waals surface area (Å²) in [5.74, 6) is -5.05. The van der Waals surface area contributed by atoms with Crippen molar-refractivity contribution in [1.29, 1.82) is 0 Å². The number of esters is 2. The molecule has 17 heteroatoms. The monoisotopic (exact) mass is 779 g/mol. The number of ether oxygens (including phenoxy) is 5. The summed E-state index contributed by atoms with van der Waals surface area (Å²) >= 11 is 0. The second kappa shape index (κ2) is 17.5. The fourth-order valence-electron chi connectivity index (χ4n) is 7.33. The molecule has 3 aliphatic rings. The average Bonchev–Trinajstić information content (AvgIpc) is 3.10. The van der Waals surface area contributed by atoms with Crippen molar-refractivity contribution in [3.05, 3.63) is 51.6 Å². The number of benzene rings is 2. The predicted octanol–water partition coefficient (Wildman–Crippen LogP) is 2.07. The molecule has 1 aliphatic heterocycles. The van der Waals surface area contributed by atoms with Crippen molar-refractivity contribution in [2.45, 2.75) is 108 Å². The number of carbonyl (C=O) groups excluding carboxylic acids is 5. The van der Waals surface area contributed by atoms with Crippen LogP contribution in [0.4, 0.5) is 0 Å². The zero-order chi connectivity index (χ0) is 38.8. The van der Waals surface area contributed by atoms with Gasteiger partial charge in [-0.1, -0.05) is 18.6 Å². The Kier molecular flexibility index (Phi) is 13.8. The molecule has 54 heavy (non-hydrogen) atoms. The number of fused-ring (bicyclic) bond motifs is 3. The molecular formula is C37H46ClNO15. The van der Waals surface area contributed by atoms with E-state index in [9.17, 15) is 49.5 Å². The molecule has 4 unspecified atom stereocenters. The maximum absolute atomic E-state index is 13.9. The summed E-state index contributed by atoms with van der Waals surface area (Å²) in [7, 11) is 1.32. The molecular weight excluding hydrogens is 734 g/mol. The Labute approximate surface area is 317 Å². The molecule has 16 nitrogen and oxygen atoms in total. The third kappa shape index (κ3) is 8.54. The van der Waals surface area contributed by atoms with E-state index in [1.165, 1.54) is 39.2 Å². The fraction of sp³-hybridized carbons (Fsp3) is 0.541. The lowest BCUT2D eigenvalue weighted by atomic mass is 9.72. The van der Waals surface area contributed by atoms with Gasteiger partial charge in [0.1, 0.15) is 29.5 Å². The summed E-state index contributed by atoms with van der Waals surface area (Å²) in [5.41, 5.74) is -3.82. The largest absolute Gasteiger partial charge is 0.507 e. The molecule has 1 fully saturated rings. The minimum absolute atomic E-state index is 0. The number of unbranched alkanes of at least 4 members (excludes halogenated alkanes) is 2. The van der Waals surface area contributed by atoms with E-state index in [2.05, 4.69) is 5.32 Å². The summed E-state index contributed by atoms with van der Waals surface area (Å²) in [6.07, 6.45) is -4.07. The number of Topliss-reactive ketones (excluding diaryl/α,β-unsaturated/α-hetero) is 1. The van der Waals surface area contributed by atoms with Crippen molar-refractivity contribution in [3.63, 3.8) is 0 Å². The Hall–Kier alpha value is -4.16. The smallest absolute Gasteiger partial charge is 0.305 e. The summed E-state index contributed by atoms with van der Waals surface area (Å²) in [5, 5.41) is 58.7. The molecule has 0 aromatic heterocycles. The number of hydrogen-bond donors (Lipinski definition) is 6. The average molecular weight is 780 g/mol. The van der Waals surface area contributed by atoms with E-state index >= 15 is 0 Å². The number of aliphatic hydroxyl groups excluding tert-OH is 2. The number of aliphatic hydroxyl groups is 3. The Bertz CT molecular complexity index is 1770. The van der Waals surface area contributed by atoms with Crippen LogP contribution < -0.4 is 10.1 Å². The number of methoxy groups -OCH3 is 1. The molecule has 0 amide bonds. The molecule has 1 saturated heterocycles. The van der Waals surface area contributed by atoms with Crippen LogP contribution in [-0.2, 0) is 39.8 Å². The molecule has 6 N–H and O–H groups in total. The number of hydrogen-bond acceptors (Lipinski definition) is 16. The maximum atomic E-state index is 13.9. The van der Waals surface area contributed by atoms with Crippen LogP contribution in [0, 0.1) is 0 Å². The van der Waals surface area contributed by atoms with E-state index in [4.69, 9.17) is 23.7 Å². The van der Waals surface area contributed by atoms with Crippen molar-refractivity contribution >= 4 is 41.7 Å². The molecule has 0 spiro atoms. The van der Waals surface area contributed by atoms with Gasteiger partial charge in [0.15, 0.2) is 17.9 Å². The number of nitrogens with one attached hydrogen (secondary N) is 1. The van der Waals surface area contributed by atoms with Gasteiger partial charge < -0.3 is 54.5 Å². The van der Waals surface area contributed by atoms with Crippen molar-refractivity contribution in [2.75, 3.05) is 20.3 Å². The summed E-state index contributed by atoms with van der Waals surface area (Å²) in [4.78, 5) is 63.1. The first kappa shape index (κ1) is 42.6. The minimum atomic E-state index is -2.30. The second-order valence-electron chi connectivity index (χ2n) is 13.6. The molecule has 0 bridgehead atoms. The van der Waals surface area contributed by atoms with E-state index in [1.807, 2.05) is 0 Å². The standard InChI is InChI=1S/C37H45NO15.ClH/c1-17-32(43)22(38-12-7-5-6-11-26(51-18(2)40)52-19(3)41)13-27(50-17)53-24-15-37(48,25(42)16-39)14-21-29(24)36(47)31-30(34(21)45)33(44)20-9-8-10-23(49-4)28(20)35(31)46;/h8-10,17,22,24,26-27,32,38-39,43,45,47-48H,5-7,11-16H2,1-4H3;1H/t17?,22?,24-,27?,32?,37-;/m0./s1. The zero-order valence-corrected chi connectivity index (χ0v) is 31.1. The molecule has 0 saturated carbocycles. The highest BCUT2D eigenvalue weighted by Gasteiger charge is 2.50. The van der Waals surface area contributed by atoms with Crippen LogP contribution in [0.15, 0.2) is 18.2 Å². The third-order valence-electron chi connectivity index (χ3n) is 9.88. The lowest BCUT2D eigenvalue weighted by molar-refractivity contribution is -0.249. The number of phenols is 2. The van der Waals surface area contributed by atoms with E-state index in [0.717, 1.165) is 0 Å². The van der Waals surface area contributed by atoms with Crippen molar-refractivity contribution < 1.29 is 73.2 Å². The lowest BCUT2D eigenvalue weighted by Gasteiger charge is -2.43. The van der Waals surface area contributed by atoms with Crippen LogP contribution in [0.3, 0.4) is 0 Å². The summed E-state index contributed by atoms with van der Waals surface area (Å²) in [6, 6.07) is 3.78. The maximum Gasteiger partial charge on any atom is 0.305 e. The molecule has 296 valence electrons. The first-order chi connectivity index (χ1) is 25.1. The van der Waals surface area contributed by atoms with Gasteiger partial charge in [0.05, 0.1) is 42.1 Å². The minimum Gasteiger partial charge on any atom is -0.507 e. The Balaban J connectivity index is 0.00000650. The van der Waals surface area contributed by atoms with Crippen molar-refractivity contribution in [3.8, 4) is 17.2 Å². The normalized spacial score (nSPS) is 24.5. The van der Waals surface area contributed by atoms with Gasteiger partial charge in [-0.2, -0.15) is 0 Å². The Morgan fingerprint density at radius 3 is 2.30 bits per heavy atom. The van der Waals surface area contributed by atoms with Crippen LogP contribution in [0.2, 0.25) is 0 Å². The van der Waals surface area contributed by atoms with Gasteiger partial charge in [-0.05, 0) is 32.4 Å². The second-order valence-corrected chi connectivity index (χ2v) is 13.6. The van der Waals surface area contributed by atoms with Gasteiger partial charge in [0.2, 0.25) is 12.1 Å². The van der Waals surface area contributed by atoms with Gasteiger partial charge in [-0.25, -0.2) is 0 Å². The highest BCUT2D eigenvalue weighted by atomic mass is 35.5. The Morgan fingerprint density at radius 1 is 1.00 bits per heavy atom. The Morgan fingerprint density at radius 2 is 1.67 bits per heavy atom. The molecule has 5 rings (SSSR count). The van der Waals surface area contributed by atoms with Crippen LogP contribution in [0.1, 0.15) is 108 Å². The van der Waals surface area contributed by atoms with E-state index in [-0.39, 0.29) is 46.8 Å². The van der Waals surface area contributed by atoms with Crippen LogP contribution in [0.5, 0.6) is 17.2 Å². The number of ketones is 3. The highest BCUT2D eigenvalue weighted by Crippen LogP contribution is 2.52. The quantitative estimate of drug-likeness (QED) is 0.0594. The highest BCUT2D eigenvalue weighted by molar-refractivity contribution is 6.31. The zero-order valence-electron chi connectivity index (χ0n) is 30.3. The van der Waals surface area contributed by atoms with Gasteiger partial charge in [-0.15, -0.1) is 12.4 Å². The summed E-state index contributed by atoms with van der Waals surface area (Å²) < 4.78 is 27.6. The van der Waals surface area contributed by atoms with E-state index in [0.29, 0.717) is 32.2 Å². The van der Waals surface area contributed by atoms with Crippen LogP contribution in [0.25, 0.3) is 0 Å². The molecule has 2 aromatic rings. The van der Waals surface area contributed by atoms with Crippen molar-refractivity contribution in [1.82, 2.24) is 5.32 Å². The van der Waals surface area contributed by atoms with Crippen LogP contribution in [-0.4, -0.2) is 112 Å². The fourth-order valence-corrected chi connectivity index (χ4v) is 7.33. The SMILES string of the molecule is COc1cccc2c1C(=O)c1c(O)c3c(c(O)c1C2=O)C[C@@](O)(C(=O)CO)C[C@@H]3OC1CC(NCCCCCC(OC(C)=O)OC(C)=O)C(O)C(C)O1.Cl. The topological polar surface area (TPSA) is 245 Å². The van der Waals surface area contributed by atoms with Crippen molar-refractivity contribution in [2.24, 2.45) is 0 Å². The van der Waals surface area contributed by atoms with Gasteiger partial charge in [-0.3, -0.25) is 24.0 Å². The number of phenolic OH excluding ortho intramolecular Hbond substituents is 2. The number of halogens is 1. The van der Waals surface area contributed by atoms with E-state index in [1.54, 1.807) is 6.92 Å². The number of carbonyl (C=O) groups is 5. The van der Waals surface area contributed by atoms with E-state index < -0.39 is 114 Å². The molecule has 2 aromatic carbocycles. The molecule has 2 aliphatic carbocycles. The van der Waals surface area contributed by atoms with Crippen LogP contribution >= 0.6 is 12.4 Å². The first-order valence-corrected chi connectivity index (χ1v) is 17.4. The molecule has 0 radical (unpaired) electrons. The van der Waals surface area contributed by atoms with Gasteiger partial charge >= 0.3 is 11.9 Å². The molecule has 1 heterocycles. The first-order valence-electron chi connectivity index (χ1n) is 17.4. The number of rotatable bonds is 14. The van der Waals surface area contributed by atoms with Gasteiger partial charge in [0.25, 0.3) is 0 Å². The van der Waals surface area contributed by atoms with Gasteiger partial charge in [0, 0.05) is 62.3 Å². The third-order valence-corrected chi connectivity index (χ3v) is 9.88. The predicted molar refractivity (Wildman–Crippen MR) is 189 cm³/mol. The number of aromatic hydroxyl groups is 2. The summed E-state index contributed by atoms with van der Waals surface area (Å²) in [6.45, 7) is 3.46.